The maximum absolute atomic E-state index is 6.05. The van der Waals surface area contributed by atoms with E-state index in [1.165, 1.54) is 5.56 Å². The molecule has 0 amide bonds. The Morgan fingerprint density at radius 3 is 2.48 bits per heavy atom. The normalized spacial score (nSPS) is 19.6. The lowest BCUT2D eigenvalue weighted by atomic mass is 9.88. The van der Waals surface area contributed by atoms with Gasteiger partial charge in [-0.25, -0.2) is 0 Å². The molecule has 2 rings (SSSR count). The van der Waals surface area contributed by atoms with Crippen LogP contribution < -0.4 is 16.4 Å². The lowest BCUT2D eigenvalue weighted by molar-refractivity contribution is 0.0374. The van der Waals surface area contributed by atoms with Crippen molar-refractivity contribution in [2.45, 2.75) is 57.7 Å². The van der Waals surface area contributed by atoms with Gasteiger partial charge < -0.3 is 21.1 Å². The second-order valence-electron chi connectivity index (χ2n) is 6.82. The van der Waals surface area contributed by atoms with E-state index in [4.69, 9.17) is 10.5 Å². The highest BCUT2D eigenvalue weighted by atomic mass is 127. The molecule has 1 saturated heterocycles. The van der Waals surface area contributed by atoms with Gasteiger partial charge in [0.05, 0.1) is 6.54 Å². The van der Waals surface area contributed by atoms with E-state index in [0.717, 1.165) is 32.5 Å². The number of hydrogen-bond donors (Lipinski definition) is 3. The number of guanidine groups is 1. The molecule has 6 heteroatoms. The van der Waals surface area contributed by atoms with E-state index in [1.54, 1.807) is 0 Å². The van der Waals surface area contributed by atoms with E-state index in [2.05, 4.69) is 60.7 Å². The number of nitrogens with one attached hydrogen (secondary N) is 2. The Morgan fingerprint density at radius 1 is 1.24 bits per heavy atom. The van der Waals surface area contributed by atoms with Gasteiger partial charge in [-0.3, -0.25) is 4.99 Å². The third-order valence-electron chi connectivity index (χ3n) is 4.83. The minimum Gasteiger partial charge on any atom is -0.381 e. The number of nitrogens with two attached hydrogens (primary N) is 1. The molecule has 2 atom stereocenters. The molecule has 2 unspecified atom stereocenters. The standard InChI is InChI=1S/C19H32N4O.HI/c1-4-15(2)22-18(20)21-14-19(10-12-24-13-11-19)23-16(3)17-8-6-5-7-9-17;/h5-9,15-16,23H,4,10-14H2,1-3H3,(H3,20,21,22);1H. The SMILES string of the molecule is CCC(C)NC(N)=NCC1(NC(C)c2ccccc2)CCOCC1.I. The maximum Gasteiger partial charge on any atom is 0.188 e. The summed E-state index contributed by atoms with van der Waals surface area (Å²) < 4.78 is 5.57. The summed E-state index contributed by atoms with van der Waals surface area (Å²) in [6, 6.07) is 11.1. The molecule has 1 heterocycles. The monoisotopic (exact) mass is 460 g/mol. The van der Waals surface area contributed by atoms with Crippen LogP contribution in [0.1, 0.15) is 51.6 Å². The molecule has 0 radical (unpaired) electrons. The quantitative estimate of drug-likeness (QED) is 0.332. The van der Waals surface area contributed by atoms with Crippen molar-refractivity contribution in [1.82, 2.24) is 10.6 Å². The molecule has 1 aromatic carbocycles. The summed E-state index contributed by atoms with van der Waals surface area (Å²) in [4.78, 5) is 4.62. The highest BCUT2D eigenvalue weighted by Gasteiger charge is 2.33. The second kappa shape index (κ2) is 11.0. The summed E-state index contributed by atoms with van der Waals surface area (Å²) in [5.41, 5.74) is 7.28. The van der Waals surface area contributed by atoms with Crippen LogP contribution >= 0.6 is 24.0 Å². The van der Waals surface area contributed by atoms with Crippen molar-refractivity contribution in [3.63, 3.8) is 0 Å². The Labute approximate surface area is 169 Å². The molecular weight excluding hydrogens is 427 g/mol. The number of halogens is 1. The Bertz CT molecular complexity index is 517. The summed E-state index contributed by atoms with van der Waals surface area (Å²) in [6.45, 7) is 8.65. The summed E-state index contributed by atoms with van der Waals surface area (Å²) in [7, 11) is 0. The van der Waals surface area contributed by atoms with Crippen LogP contribution in [-0.2, 0) is 4.74 Å². The van der Waals surface area contributed by atoms with Crippen LogP contribution in [0.4, 0.5) is 0 Å². The lowest BCUT2D eigenvalue weighted by Crippen LogP contribution is -2.53. The van der Waals surface area contributed by atoms with Crippen molar-refractivity contribution in [1.29, 1.82) is 0 Å². The molecule has 1 aliphatic rings. The number of hydrogen-bond acceptors (Lipinski definition) is 3. The average Bonchev–Trinajstić information content (AvgIpc) is 2.61. The molecule has 1 fully saturated rings. The Kier molecular flexibility index (Phi) is 9.74. The summed E-state index contributed by atoms with van der Waals surface area (Å²) in [5.74, 6) is 0.532. The first kappa shape index (κ1) is 22.2. The maximum atomic E-state index is 6.05. The zero-order valence-electron chi connectivity index (χ0n) is 15.6. The predicted octanol–water partition coefficient (Wildman–Crippen LogP) is 3.21. The highest BCUT2D eigenvalue weighted by molar-refractivity contribution is 14.0. The van der Waals surface area contributed by atoms with Crippen molar-refractivity contribution in [2.24, 2.45) is 10.7 Å². The zero-order valence-corrected chi connectivity index (χ0v) is 18.0. The molecule has 0 aliphatic carbocycles. The van der Waals surface area contributed by atoms with Gasteiger partial charge in [0.1, 0.15) is 0 Å². The molecule has 1 aliphatic heterocycles. The van der Waals surface area contributed by atoms with Gasteiger partial charge in [0.15, 0.2) is 5.96 Å². The van der Waals surface area contributed by atoms with Gasteiger partial charge in [0.2, 0.25) is 0 Å². The molecular formula is C19H33IN4O. The van der Waals surface area contributed by atoms with Gasteiger partial charge in [-0.1, -0.05) is 37.3 Å². The molecule has 0 aromatic heterocycles. The van der Waals surface area contributed by atoms with E-state index in [9.17, 15) is 0 Å². The molecule has 0 saturated carbocycles. The third kappa shape index (κ3) is 7.11. The van der Waals surface area contributed by atoms with Crippen LogP contribution in [0, 0.1) is 0 Å². The van der Waals surface area contributed by atoms with E-state index in [0.29, 0.717) is 18.5 Å². The van der Waals surface area contributed by atoms with E-state index in [-0.39, 0.29) is 35.6 Å². The topological polar surface area (TPSA) is 71.7 Å². The number of nitrogens with zero attached hydrogens (tertiary/aromatic N) is 1. The third-order valence-corrected chi connectivity index (χ3v) is 4.83. The van der Waals surface area contributed by atoms with E-state index in [1.807, 2.05) is 6.07 Å². The van der Waals surface area contributed by atoms with Crippen LogP contribution in [0.5, 0.6) is 0 Å². The highest BCUT2D eigenvalue weighted by Crippen LogP contribution is 2.25. The molecule has 142 valence electrons. The number of ether oxygens (including phenoxy) is 1. The smallest absolute Gasteiger partial charge is 0.188 e. The number of rotatable bonds is 7. The van der Waals surface area contributed by atoms with Crippen LogP contribution in [-0.4, -0.2) is 37.3 Å². The van der Waals surface area contributed by atoms with Crippen molar-refractivity contribution >= 4 is 29.9 Å². The fraction of sp³-hybridized carbons (Fsp3) is 0.632. The Morgan fingerprint density at radius 2 is 1.88 bits per heavy atom. The zero-order chi connectivity index (χ0) is 17.4. The molecule has 1 aromatic rings. The van der Waals surface area contributed by atoms with Gasteiger partial charge >= 0.3 is 0 Å². The molecule has 5 nitrogen and oxygen atoms in total. The van der Waals surface area contributed by atoms with Gasteiger partial charge in [-0.2, -0.15) is 0 Å². The van der Waals surface area contributed by atoms with Crippen molar-refractivity contribution < 1.29 is 4.74 Å². The molecule has 25 heavy (non-hydrogen) atoms. The van der Waals surface area contributed by atoms with Gasteiger partial charge in [-0.15, -0.1) is 24.0 Å². The second-order valence-corrected chi connectivity index (χ2v) is 6.82. The Hall–Kier alpha value is -0.860. The minimum absolute atomic E-state index is 0. The fourth-order valence-corrected chi connectivity index (χ4v) is 3.03. The van der Waals surface area contributed by atoms with Crippen LogP contribution in [0.25, 0.3) is 0 Å². The number of aliphatic imine (C=N–C) groups is 1. The molecule has 0 bridgehead atoms. The van der Waals surface area contributed by atoms with E-state index < -0.39 is 0 Å². The summed E-state index contributed by atoms with van der Waals surface area (Å²) in [5, 5.41) is 7.04. The van der Waals surface area contributed by atoms with E-state index >= 15 is 0 Å². The van der Waals surface area contributed by atoms with Gasteiger partial charge in [0.25, 0.3) is 0 Å². The van der Waals surface area contributed by atoms with Crippen LogP contribution in [0.15, 0.2) is 35.3 Å². The summed E-state index contributed by atoms with van der Waals surface area (Å²) in [6.07, 6.45) is 2.92. The predicted molar refractivity (Wildman–Crippen MR) is 116 cm³/mol. The number of benzene rings is 1. The first-order valence-corrected chi connectivity index (χ1v) is 9.01. The van der Waals surface area contributed by atoms with Crippen LogP contribution in [0.3, 0.4) is 0 Å². The molecule has 0 spiro atoms. The summed E-state index contributed by atoms with van der Waals surface area (Å²) >= 11 is 0. The van der Waals surface area contributed by atoms with Crippen molar-refractivity contribution in [3.8, 4) is 0 Å². The Balaban J connectivity index is 0.00000312. The lowest BCUT2D eigenvalue weighted by Gasteiger charge is -2.39. The average molecular weight is 460 g/mol. The fourth-order valence-electron chi connectivity index (χ4n) is 3.03. The van der Waals surface area contributed by atoms with Crippen LogP contribution in [0.2, 0.25) is 0 Å². The van der Waals surface area contributed by atoms with Crippen molar-refractivity contribution in [2.75, 3.05) is 19.8 Å². The minimum atomic E-state index is -0.0603. The largest absolute Gasteiger partial charge is 0.381 e. The first-order chi connectivity index (χ1) is 11.5. The molecule has 4 N–H and O–H groups in total. The van der Waals surface area contributed by atoms with Gasteiger partial charge in [-0.05, 0) is 38.7 Å². The van der Waals surface area contributed by atoms with Crippen molar-refractivity contribution in [3.05, 3.63) is 35.9 Å². The first-order valence-electron chi connectivity index (χ1n) is 9.01. The van der Waals surface area contributed by atoms with Gasteiger partial charge in [0, 0.05) is 30.8 Å².